The van der Waals surface area contributed by atoms with Crippen molar-refractivity contribution < 1.29 is 24.3 Å². The highest BCUT2D eigenvalue weighted by molar-refractivity contribution is 5.97. The van der Waals surface area contributed by atoms with Gasteiger partial charge in [0, 0.05) is 40.9 Å². The molecule has 0 unspecified atom stereocenters. The van der Waals surface area contributed by atoms with E-state index in [1.54, 1.807) is 24.3 Å². The number of aliphatic hydroxyl groups is 1. The largest absolute Gasteiger partial charge is 0.490 e. The normalized spacial score (nSPS) is 12.5. The average Bonchev–Trinajstić information content (AvgIpc) is 3.62. The number of hydrogen-bond acceptors (Lipinski definition) is 6. The minimum atomic E-state index is -0.948. The summed E-state index contributed by atoms with van der Waals surface area (Å²) < 4.78 is 10.9. The first-order chi connectivity index (χ1) is 18.8. The van der Waals surface area contributed by atoms with Crippen LogP contribution in [0.4, 0.5) is 0 Å². The average molecular weight is 526 g/mol. The third kappa shape index (κ3) is 6.03. The highest BCUT2D eigenvalue weighted by Crippen LogP contribution is 2.32. The Hall–Kier alpha value is -4.40. The summed E-state index contributed by atoms with van der Waals surface area (Å²) in [5, 5.41) is 28.6. The van der Waals surface area contributed by atoms with Crippen LogP contribution in [0, 0.1) is 0 Å². The van der Waals surface area contributed by atoms with E-state index in [1.807, 2.05) is 48.7 Å². The number of H-pyrrole nitrogens is 1. The van der Waals surface area contributed by atoms with Crippen molar-refractivity contribution in [2.24, 2.45) is 0 Å². The zero-order chi connectivity index (χ0) is 27.4. The molecule has 2 heterocycles. The van der Waals surface area contributed by atoms with Gasteiger partial charge in [-0.25, -0.2) is 4.79 Å². The summed E-state index contributed by atoms with van der Waals surface area (Å²) in [4.78, 5) is 14.8. The second-order valence-corrected chi connectivity index (χ2v) is 10.2. The first-order valence-electron chi connectivity index (χ1n) is 12.8. The Bertz CT molecular complexity index is 1570. The molecule has 1 atom stereocenters. The summed E-state index contributed by atoms with van der Waals surface area (Å²) in [6.07, 6.45) is 3.51. The number of para-hydroxylation sites is 2. The van der Waals surface area contributed by atoms with Crippen molar-refractivity contribution in [2.45, 2.75) is 31.9 Å². The van der Waals surface area contributed by atoms with Crippen LogP contribution in [-0.4, -0.2) is 51.1 Å². The van der Waals surface area contributed by atoms with Gasteiger partial charge in [-0.05, 0) is 55.7 Å². The Morgan fingerprint density at radius 3 is 2.67 bits per heavy atom. The maximum atomic E-state index is 11.4. The van der Waals surface area contributed by atoms with Gasteiger partial charge in [0.2, 0.25) is 0 Å². The standard InChI is InChI=1S/C31H31N3O5/c1-31(2,33-18-23(35)19-38-28-12-4-3-9-26(28)27-13-14-39-34-27)16-22-17-32-29-24(10-6-11-25(22)29)20-7-5-8-21(15-20)30(36)37/h3-15,17,23,32-33,35H,16,18-19H2,1-2H3,(H,36,37)/t23-/m0/s1. The molecule has 5 aromatic rings. The summed E-state index contributed by atoms with van der Waals surface area (Å²) in [5.41, 5.74) is 5.32. The first-order valence-corrected chi connectivity index (χ1v) is 12.8. The molecule has 8 heteroatoms. The molecular weight excluding hydrogens is 494 g/mol. The molecule has 5 rings (SSSR count). The third-order valence-corrected chi connectivity index (χ3v) is 6.70. The van der Waals surface area contributed by atoms with Crippen LogP contribution in [-0.2, 0) is 6.42 Å². The molecule has 0 bridgehead atoms. The van der Waals surface area contributed by atoms with Crippen LogP contribution in [0.25, 0.3) is 33.3 Å². The fourth-order valence-electron chi connectivity index (χ4n) is 4.75. The molecule has 0 amide bonds. The second kappa shape index (κ2) is 11.1. The molecule has 0 spiro atoms. The Kier molecular flexibility index (Phi) is 7.49. The van der Waals surface area contributed by atoms with Gasteiger partial charge < -0.3 is 29.8 Å². The lowest BCUT2D eigenvalue weighted by Crippen LogP contribution is -2.46. The van der Waals surface area contributed by atoms with Gasteiger partial charge in [0.1, 0.15) is 30.4 Å². The minimum Gasteiger partial charge on any atom is -0.490 e. The van der Waals surface area contributed by atoms with Crippen LogP contribution in [0.3, 0.4) is 0 Å². The molecule has 8 nitrogen and oxygen atoms in total. The van der Waals surface area contributed by atoms with E-state index in [0.717, 1.165) is 33.2 Å². The van der Waals surface area contributed by atoms with E-state index < -0.39 is 12.1 Å². The Labute approximate surface area is 226 Å². The number of aromatic amines is 1. The number of rotatable bonds is 11. The zero-order valence-electron chi connectivity index (χ0n) is 21.8. The number of aliphatic hydroxyl groups excluding tert-OH is 1. The van der Waals surface area contributed by atoms with E-state index in [0.29, 0.717) is 24.4 Å². The molecule has 0 aliphatic carbocycles. The van der Waals surface area contributed by atoms with Crippen molar-refractivity contribution in [3.8, 4) is 28.1 Å². The number of carbonyl (C=O) groups is 1. The van der Waals surface area contributed by atoms with Gasteiger partial charge in [0.25, 0.3) is 0 Å². The predicted octanol–water partition coefficient (Wildman–Crippen LogP) is 5.54. The number of nitrogens with zero attached hydrogens (tertiary/aromatic N) is 1. The molecule has 0 aliphatic heterocycles. The first kappa shape index (κ1) is 26.2. The summed E-state index contributed by atoms with van der Waals surface area (Å²) in [6.45, 7) is 4.68. The van der Waals surface area contributed by atoms with Crippen LogP contribution in [0.15, 0.2) is 89.8 Å². The molecule has 0 fully saturated rings. The molecule has 2 aromatic heterocycles. The van der Waals surface area contributed by atoms with E-state index in [1.165, 1.54) is 6.26 Å². The van der Waals surface area contributed by atoms with Gasteiger partial charge in [0.15, 0.2) is 0 Å². The van der Waals surface area contributed by atoms with E-state index in [4.69, 9.17) is 9.26 Å². The maximum absolute atomic E-state index is 11.4. The Morgan fingerprint density at radius 2 is 1.87 bits per heavy atom. The summed E-state index contributed by atoms with van der Waals surface area (Å²) in [5.74, 6) is -0.316. The molecule has 3 aromatic carbocycles. The van der Waals surface area contributed by atoms with Gasteiger partial charge in [-0.3, -0.25) is 0 Å². The van der Waals surface area contributed by atoms with Gasteiger partial charge in [-0.15, -0.1) is 0 Å². The number of benzene rings is 3. The van der Waals surface area contributed by atoms with Crippen molar-refractivity contribution in [2.75, 3.05) is 13.2 Å². The molecule has 4 N–H and O–H groups in total. The lowest BCUT2D eigenvalue weighted by atomic mass is 9.93. The van der Waals surface area contributed by atoms with E-state index in [-0.39, 0.29) is 17.7 Å². The molecule has 39 heavy (non-hydrogen) atoms. The SMILES string of the molecule is CC(C)(Cc1c[nH]c2c(-c3cccc(C(=O)O)c3)cccc12)NC[C@H](O)COc1ccccc1-c1ccon1. The molecule has 0 radical (unpaired) electrons. The lowest BCUT2D eigenvalue weighted by Gasteiger charge is -2.28. The number of β-amino-alcohol motifs (C(OH)–C–C–N with tert-alkyl or cyclic N) is 1. The number of ether oxygens (including phenoxy) is 1. The maximum Gasteiger partial charge on any atom is 0.335 e. The van der Waals surface area contributed by atoms with E-state index in [2.05, 4.69) is 35.4 Å². The van der Waals surface area contributed by atoms with Crippen LogP contribution >= 0.6 is 0 Å². The summed E-state index contributed by atoms with van der Waals surface area (Å²) in [6, 6.07) is 22.3. The molecular formula is C31H31N3O5. The van der Waals surface area contributed by atoms with Crippen LogP contribution in [0.5, 0.6) is 5.75 Å². The topological polar surface area (TPSA) is 121 Å². The predicted molar refractivity (Wildman–Crippen MR) is 150 cm³/mol. The third-order valence-electron chi connectivity index (χ3n) is 6.70. The van der Waals surface area contributed by atoms with Crippen LogP contribution in [0.2, 0.25) is 0 Å². The number of carboxylic acid groups (broad SMARTS) is 1. The number of fused-ring (bicyclic) bond motifs is 1. The summed E-state index contributed by atoms with van der Waals surface area (Å²) >= 11 is 0. The number of nitrogens with one attached hydrogen (secondary N) is 2. The zero-order valence-corrected chi connectivity index (χ0v) is 21.8. The van der Waals surface area contributed by atoms with Crippen LogP contribution in [0.1, 0.15) is 29.8 Å². The minimum absolute atomic E-state index is 0.129. The number of aromatic carboxylic acids is 1. The molecule has 0 saturated heterocycles. The van der Waals surface area contributed by atoms with Gasteiger partial charge in [-0.2, -0.15) is 0 Å². The monoisotopic (exact) mass is 525 g/mol. The molecule has 200 valence electrons. The van der Waals surface area contributed by atoms with Crippen molar-refractivity contribution >= 4 is 16.9 Å². The van der Waals surface area contributed by atoms with Gasteiger partial charge in [-0.1, -0.05) is 47.6 Å². The van der Waals surface area contributed by atoms with Crippen molar-refractivity contribution in [1.82, 2.24) is 15.5 Å². The lowest BCUT2D eigenvalue weighted by molar-refractivity contribution is 0.0697. The fourth-order valence-corrected chi connectivity index (χ4v) is 4.75. The second-order valence-electron chi connectivity index (χ2n) is 10.2. The highest BCUT2D eigenvalue weighted by Gasteiger charge is 2.22. The number of carboxylic acids is 1. The fraction of sp³-hybridized carbons (Fsp3) is 0.226. The van der Waals surface area contributed by atoms with Crippen LogP contribution < -0.4 is 10.1 Å². The molecule has 0 saturated carbocycles. The van der Waals surface area contributed by atoms with Gasteiger partial charge in [0.05, 0.1) is 11.1 Å². The van der Waals surface area contributed by atoms with E-state index >= 15 is 0 Å². The van der Waals surface area contributed by atoms with Gasteiger partial charge >= 0.3 is 5.97 Å². The Balaban J connectivity index is 1.23. The Morgan fingerprint density at radius 1 is 1.08 bits per heavy atom. The van der Waals surface area contributed by atoms with E-state index in [9.17, 15) is 15.0 Å². The smallest absolute Gasteiger partial charge is 0.335 e. The van der Waals surface area contributed by atoms with Crippen molar-refractivity contribution in [3.63, 3.8) is 0 Å². The van der Waals surface area contributed by atoms with Crippen molar-refractivity contribution in [3.05, 3.63) is 96.4 Å². The number of hydrogen-bond donors (Lipinski definition) is 4. The summed E-state index contributed by atoms with van der Waals surface area (Å²) in [7, 11) is 0. The highest BCUT2D eigenvalue weighted by atomic mass is 16.5. The van der Waals surface area contributed by atoms with Crippen molar-refractivity contribution in [1.29, 1.82) is 0 Å². The quantitative estimate of drug-likeness (QED) is 0.179. The number of aromatic nitrogens is 2. The molecule has 0 aliphatic rings.